The van der Waals surface area contributed by atoms with Crippen molar-refractivity contribution in [3.05, 3.63) is 41.0 Å². The zero-order valence-corrected chi connectivity index (χ0v) is 10.6. The van der Waals surface area contributed by atoms with Gasteiger partial charge in [-0.05, 0) is 32.4 Å². The summed E-state index contributed by atoms with van der Waals surface area (Å²) in [4.78, 5) is 16.2. The maximum Gasteiger partial charge on any atom is 0.274 e. The Balaban J connectivity index is 2.13. The highest BCUT2D eigenvalue weighted by Crippen LogP contribution is 2.14. The summed E-state index contributed by atoms with van der Waals surface area (Å²) in [5, 5.41) is 12.9. The minimum absolute atomic E-state index is 0.171. The van der Waals surface area contributed by atoms with Crippen molar-refractivity contribution in [3.8, 4) is 0 Å². The molecule has 1 atom stereocenters. The van der Waals surface area contributed by atoms with Crippen LogP contribution in [-0.4, -0.2) is 26.3 Å². The van der Waals surface area contributed by atoms with Gasteiger partial charge in [-0.25, -0.2) is 0 Å². The molecule has 0 saturated carbocycles. The molecule has 0 aromatic carbocycles. The highest BCUT2D eigenvalue weighted by Gasteiger charge is 2.17. The molecule has 6 heteroatoms. The van der Waals surface area contributed by atoms with E-state index in [1.54, 1.807) is 13.1 Å². The first-order valence-corrected chi connectivity index (χ1v) is 5.69. The van der Waals surface area contributed by atoms with E-state index in [1.807, 2.05) is 26.0 Å². The van der Waals surface area contributed by atoms with Crippen molar-refractivity contribution in [1.29, 1.82) is 0 Å². The predicted octanol–water partition coefficient (Wildman–Crippen LogP) is 1.31. The second-order valence-corrected chi connectivity index (χ2v) is 4.16. The molecular weight excluding hydrogens is 230 g/mol. The first-order valence-electron chi connectivity index (χ1n) is 5.69. The smallest absolute Gasteiger partial charge is 0.274 e. The van der Waals surface area contributed by atoms with Crippen LogP contribution in [0.15, 0.2) is 18.3 Å². The molecule has 2 aromatic heterocycles. The lowest BCUT2D eigenvalue weighted by atomic mass is 10.1. The van der Waals surface area contributed by atoms with Crippen LogP contribution in [0.5, 0.6) is 0 Å². The third-order valence-corrected chi connectivity index (χ3v) is 2.74. The van der Waals surface area contributed by atoms with E-state index in [9.17, 15) is 4.79 Å². The largest absolute Gasteiger partial charge is 0.342 e. The van der Waals surface area contributed by atoms with Crippen LogP contribution in [0.25, 0.3) is 0 Å². The second kappa shape index (κ2) is 4.95. The first kappa shape index (κ1) is 12.2. The van der Waals surface area contributed by atoms with E-state index in [0.717, 1.165) is 11.3 Å². The number of aryl methyl sites for hydroxylation is 2. The molecule has 0 radical (unpaired) electrons. The van der Waals surface area contributed by atoms with Crippen molar-refractivity contribution in [1.82, 2.24) is 25.7 Å². The molecule has 2 N–H and O–H groups in total. The summed E-state index contributed by atoms with van der Waals surface area (Å²) in [7, 11) is 0. The van der Waals surface area contributed by atoms with Crippen molar-refractivity contribution >= 4 is 5.91 Å². The molecule has 1 amide bonds. The van der Waals surface area contributed by atoms with Crippen LogP contribution >= 0.6 is 0 Å². The number of carbonyl (C=O) groups is 1. The molecule has 0 bridgehead atoms. The van der Waals surface area contributed by atoms with E-state index in [4.69, 9.17) is 0 Å². The van der Waals surface area contributed by atoms with E-state index >= 15 is 0 Å². The molecule has 0 unspecified atom stereocenters. The Kier molecular flexibility index (Phi) is 3.36. The molecule has 0 saturated heterocycles. The minimum atomic E-state index is -0.251. The van der Waals surface area contributed by atoms with Crippen LogP contribution in [-0.2, 0) is 0 Å². The van der Waals surface area contributed by atoms with Gasteiger partial charge in [-0.3, -0.25) is 9.78 Å². The Hall–Kier alpha value is -2.24. The number of aromatic nitrogens is 4. The lowest BCUT2D eigenvalue weighted by Gasteiger charge is -2.14. The van der Waals surface area contributed by atoms with E-state index in [1.165, 1.54) is 0 Å². The maximum atomic E-state index is 12.0. The SMILES string of the molecule is Cc1cccnc1[C@H](C)NC(=O)c1n[nH]nc1C. The van der Waals surface area contributed by atoms with Gasteiger partial charge in [-0.15, -0.1) is 0 Å². The van der Waals surface area contributed by atoms with Crippen molar-refractivity contribution in [2.45, 2.75) is 26.8 Å². The van der Waals surface area contributed by atoms with Gasteiger partial charge in [-0.2, -0.15) is 15.4 Å². The average Bonchev–Trinajstić information content (AvgIpc) is 2.76. The Morgan fingerprint density at radius 3 is 2.78 bits per heavy atom. The number of hydrogen-bond donors (Lipinski definition) is 2. The number of hydrogen-bond acceptors (Lipinski definition) is 4. The van der Waals surface area contributed by atoms with Gasteiger partial charge in [0, 0.05) is 6.20 Å². The van der Waals surface area contributed by atoms with Gasteiger partial charge in [0.05, 0.1) is 17.4 Å². The van der Waals surface area contributed by atoms with Gasteiger partial charge in [0.25, 0.3) is 5.91 Å². The van der Waals surface area contributed by atoms with E-state index in [2.05, 4.69) is 25.7 Å². The van der Waals surface area contributed by atoms with E-state index in [0.29, 0.717) is 11.4 Å². The number of nitrogens with zero attached hydrogens (tertiary/aromatic N) is 3. The molecule has 18 heavy (non-hydrogen) atoms. The third-order valence-electron chi connectivity index (χ3n) is 2.74. The summed E-state index contributed by atoms with van der Waals surface area (Å²) in [5.41, 5.74) is 2.79. The minimum Gasteiger partial charge on any atom is -0.342 e. The number of carbonyl (C=O) groups excluding carboxylic acids is 1. The zero-order valence-electron chi connectivity index (χ0n) is 10.6. The molecule has 2 aromatic rings. The Morgan fingerprint density at radius 1 is 1.39 bits per heavy atom. The molecule has 0 aliphatic rings. The highest BCUT2D eigenvalue weighted by molar-refractivity contribution is 5.93. The standard InChI is InChI=1S/C12H15N5O/c1-7-5-4-6-13-10(7)8(2)14-12(18)11-9(3)15-17-16-11/h4-6,8H,1-3H3,(H,14,18)(H,15,16,17)/t8-/m0/s1. The maximum absolute atomic E-state index is 12.0. The fraction of sp³-hybridized carbons (Fsp3) is 0.333. The van der Waals surface area contributed by atoms with Gasteiger partial charge in [0.15, 0.2) is 5.69 Å². The Morgan fingerprint density at radius 2 is 2.17 bits per heavy atom. The number of amides is 1. The Bertz CT molecular complexity index is 563. The van der Waals surface area contributed by atoms with Crippen LogP contribution in [0.2, 0.25) is 0 Å². The molecule has 0 fully saturated rings. The number of rotatable bonds is 3. The highest BCUT2D eigenvalue weighted by atomic mass is 16.2. The predicted molar refractivity (Wildman–Crippen MR) is 66.0 cm³/mol. The van der Waals surface area contributed by atoms with Gasteiger partial charge >= 0.3 is 0 Å². The molecule has 94 valence electrons. The van der Waals surface area contributed by atoms with Crippen molar-refractivity contribution in [2.24, 2.45) is 0 Å². The third kappa shape index (κ3) is 2.37. The second-order valence-electron chi connectivity index (χ2n) is 4.16. The van der Waals surface area contributed by atoms with E-state index < -0.39 is 0 Å². The summed E-state index contributed by atoms with van der Waals surface area (Å²) < 4.78 is 0. The first-order chi connectivity index (χ1) is 8.59. The normalized spacial score (nSPS) is 12.2. The topological polar surface area (TPSA) is 83.6 Å². The van der Waals surface area contributed by atoms with Gasteiger partial charge in [0.2, 0.25) is 0 Å². The Labute approximate surface area is 105 Å². The van der Waals surface area contributed by atoms with Crippen LogP contribution in [0.1, 0.15) is 40.4 Å². The number of nitrogens with one attached hydrogen (secondary N) is 2. The van der Waals surface area contributed by atoms with Crippen LogP contribution < -0.4 is 5.32 Å². The van der Waals surface area contributed by atoms with Crippen LogP contribution in [0, 0.1) is 13.8 Å². The molecule has 0 aliphatic heterocycles. The molecule has 2 rings (SSSR count). The summed E-state index contributed by atoms with van der Waals surface area (Å²) in [6.45, 7) is 5.59. The van der Waals surface area contributed by atoms with E-state index in [-0.39, 0.29) is 11.9 Å². The molecule has 2 heterocycles. The van der Waals surface area contributed by atoms with Gasteiger partial charge < -0.3 is 5.32 Å². The van der Waals surface area contributed by atoms with Gasteiger partial charge in [0.1, 0.15) is 0 Å². The van der Waals surface area contributed by atoms with Crippen molar-refractivity contribution in [2.75, 3.05) is 0 Å². The van der Waals surface area contributed by atoms with Crippen molar-refractivity contribution in [3.63, 3.8) is 0 Å². The molecule has 0 aliphatic carbocycles. The fourth-order valence-corrected chi connectivity index (χ4v) is 1.78. The number of pyridine rings is 1. The lowest BCUT2D eigenvalue weighted by molar-refractivity contribution is 0.0933. The summed E-state index contributed by atoms with van der Waals surface area (Å²) in [5.74, 6) is -0.251. The van der Waals surface area contributed by atoms with Crippen LogP contribution in [0.4, 0.5) is 0 Å². The molecular formula is C12H15N5O. The number of H-pyrrole nitrogens is 1. The number of aromatic amines is 1. The fourth-order valence-electron chi connectivity index (χ4n) is 1.78. The summed E-state index contributed by atoms with van der Waals surface area (Å²) >= 11 is 0. The van der Waals surface area contributed by atoms with Crippen LogP contribution in [0.3, 0.4) is 0 Å². The lowest BCUT2D eigenvalue weighted by Crippen LogP contribution is -2.28. The monoisotopic (exact) mass is 245 g/mol. The molecule has 0 spiro atoms. The van der Waals surface area contributed by atoms with Crippen molar-refractivity contribution < 1.29 is 4.79 Å². The average molecular weight is 245 g/mol. The quantitative estimate of drug-likeness (QED) is 0.854. The summed E-state index contributed by atoms with van der Waals surface area (Å²) in [6.07, 6.45) is 1.71. The zero-order chi connectivity index (χ0) is 13.1. The summed E-state index contributed by atoms with van der Waals surface area (Å²) in [6, 6.07) is 3.66. The molecule has 6 nitrogen and oxygen atoms in total. The van der Waals surface area contributed by atoms with Gasteiger partial charge in [-0.1, -0.05) is 6.07 Å².